The van der Waals surface area contributed by atoms with Gasteiger partial charge in [0, 0.05) is 0 Å². The molecule has 0 heterocycles. The molecular weight excluding hydrogens is 128 g/mol. The van der Waals surface area contributed by atoms with Crippen LogP contribution in [0, 0.1) is 6.92 Å². The highest BCUT2D eigenvalue weighted by Crippen LogP contribution is 1.76. The highest BCUT2D eigenvalue weighted by Gasteiger charge is 1.73. The van der Waals surface area contributed by atoms with Crippen molar-refractivity contribution in [2.75, 3.05) is 0 Å². The molecule has 0 spiro atoms. The van der Waals surface area contributed by atoms with Crippen LogP contribution < -0.4 is 0 Å². The summed E-state index contributed by atoms with van der Waals surface area (Å²) in [6.07, 6.45) is 0. The highest BCUT2D eigenvalue weighted by molar-refractivity contribution is 9.23. The van der Waals surface area contributed by atoms with E-state index in [4.69, 9.17) is 0 Å². The van der Waals surface area contributed by atoms with E-state index in [9.17, 15) is 0 Å². The smallest absolute Gasteiger partial charge is 0.307 e. The van der Waals surface area contributed by atoms with Gasteiger partial charge in [-0.3, -0.25) is 0 Å². The summed E-state index contributed by atoms with van der Waals surface area (Å²) < 4.78 is 1.12. The van der Waals surface area contributed by atoms with Crippen LogP contribution in [0.5, 0.6) is 0 Å². The van der Waals surface area contributed by atoms with Gasteiger partial charge in [0.25, 0.3) is 0 Å². The van der Waals surface area contributed by atoms with Gasteiger partial charge in [-0.15, -0.1) is 4.55 Å². The lowest BCUT2D eigenvalue weighted by molar-refractivity contribution is 1.76. The van der Waals surface area contributed by atoms with Crippen molar-refractivity contribution in [1.82, 2.24) is 0 Å². The van der Waals surface area contributed by atoms with E-state index in [1.807, 2.05) is 0 Å². The van der Waals surface area contributed by atoms with Crippen LogP contribution >= 0.6 is 12.9 Å². The Morgan fingerprint density at radius 1 is 2.00 bits per heavy atom. The first-order valence-corrected chi connectivity index (χ1v) is 6.17. The Balaban J connectivity index is 1.97. The molecule has 1 radical (unpaired) electrons. The van der Waals surface area contributed by atoms with Gasteiger partial charge in [0.05, 0.1) is 0 Å². The lowest BCUT2D eigenvalue weighted by atomic mass is 11.0. The van der Waals surface area contributed by atoms with Crippen LogP contribution in [0.1, 0.15) is 0 Å². The molecule has 0 saturated heterocycles. The zero-order valence-corrected chi connectivity index (χ0v) is 5.50. The van der Waals surface area contributed by atoms with Crippen molar-refractivity contribution in [3.8, 4) is 0 Å². The Morgan fingerprint density at radius 3 is 2.25 bits per heavy atom. The largest absolute Gasteiger partial charge is 0.468 e. The van der Waals surface area contributed by atoms with Gasteiger partial charge in [0.1, 0.15) is 0 Å². The molecule has 0 fully saturated rings. The minimum absolute atomic E-state index is 0.126. The van der Waals surface area contributed by atoms with Crippen LogP contribution in [0.4, 0.5) is 0 Å². The van der Waals surface area contributed by atoms with Crippen molar-refractivity contribution in [2.24, 2.45) is 0 Å². The maximum absolute atomic E-state index is 3.62. The summed E-state index contributed by atoms with van der Waals surface area (Å²) >= 11 is 3.45. The molecule has 0 aromatic carbocycles. The molecule has 0 N–H and O–H groups in total. The van der Waals surface area contributed by atoms with E-state index >= 15 is 0 Å². The molecule has 0 unspecified atom stereocenters. The van der Waals surface area contributed by atoms with Crippen LogP contribution in [-0.2, 0) is 0 Å². The van der Waals surface area contributed by atoms with Crippen molar-refractivity contribution < 1.29 is 0 Å². The summed E-state index contributed by atoms with van der Waals surface area (Å²) in [5.41, 5.74) is 0. The van der Waals surface area contributed by atoms with Crippen molar-refractivity contribution in [3.05, 3.63) is 6.92 Å². The quantitative estimate of drug-likeness (QED) is 0.471. The fourth-order valence-electron chi connectivity index (χ4n) is 0. The van der Waals surface area contributed by atoms with Gasteiger partial charge in [-0.1, -0.05) is 6.92 Å². The van der Waals surface area contributed by atoms with Crippen LogP contribution in [0.15, 0.2) is 0 Å². The molecule has 0 rings (SSSR count). The lowest BCUT2D eigenvalue weighted by Crippen LogP contribution is -1.60. The molecule has 4 heavy (non-hydrogen) atoms. The normalized spacial score (nSPS) is 5.50. The predicted molar refractivity (Wildman–Crippen MR) is 24.8 cm³/mol. The summed E-state index contributed by atoms with van der Waals surface area (Å²) in [5.74, 6) is 0. The molecular formula is C2H4BrMg. The van der Waals surface area contributed by atoms with E-state index in [1.165, 1.54) is 0 Å². The first-order chi connectivity index (χ1) is 1.91. The highest BCUT2D eigenvalue weighted by atomic mass is 79.9. The first-order valence-electron chi connectivity index (χ1n) is 1.27. The van der Waals surface area contributed by atoms with E-state index in [2.05, 4.69) is 19.8 Å². The standard InChI is InChI=1S/C2H4.BrH.Mg/c1-2;;/h1-2H2;1H;/q;;+1/p-1. The molecule has 0 saturated carbocycles. The second-order valence-electron chi connectivity index (χ2n) is 0.543. The summed E-state index contributed by atoms with van der Waals surface area (Å²) in [4.78, 5) is 0. The van der Waals surface area contributed by atoms with E-state index in [0.29, 0.717) is 0 Å². The maximum atomic E-state index is 3.62. The molecule has 0 aromatic rings. The van der Waals surface area contributed by atoms with Gasteiger partial charge >= 0.3 is 18.2 Å². The third-order valence-electron chi connectivity index (χ3n) is 0.134. The Morgan fingerprint density at radius 2 is 2.25 bits per heavy atom. The second-order valence-corrected chi connectivity index (χ2v) is 4.01. The topological polar surface area (TPSA) is 0 Å². The molecule has 2 heteroatoms. The molecule has 0 aromatic heterocycles. The summed E-state index contributed by atoms with van der Waals surface area (Å²) in [6, 6.07) is 0. The predicted octanol–water partition coefficient (Wildman–Crippen LogP) is 1.25. The van der Waals surface area contributed by atoms with Crippen molar-refractivity contribution >= 4 is 31.1 Å². The van der Waals surface area contributed by atoms with E-state index in [1.54, 1.807) is 0 Å². The third-order valence-corrected chi connectivity index (χ3v) is 2.08. The van der Waals surface area contributed by atoms with Gasteiger partial charge < -0.3 is 12.9 Å². The van der Waals surface area contributed by atoms with E-state index in [0.717, 1.165) is 4.55 Å². The van der Waals surface area contributed by atoms with Crippen LogP contribution in [0.3, 0.4) is 0 Å². The average Bonchev–Trinajstić information content (AvgIpc) is 1.37. The third kappa shape index (κ3) is 3.25. The monoisotopic (exact) mass is 131 g/mol. The fourth-order valence-corrected chi connectivity index (χ4v) is 0. The molecule has 0 aliphatic rings. The molecule has 21 valence electrons. The van der Waals surface area contributed by atoms with Gasteiger partial charge in [0.15, 0.2) is 0 Å². The number of hydrogen-bond acceptors (Lipinski definition) is 0. The van der Waals surface area contributed by atoms with Crippen LogP contribution in [0.25, 0.3) is 0 Å². The number of hydrogen-bond donors (Lipinski definition) is 0. The zero-order valence-electron chi connectivity index (χ0n) is 2.50. The van der Waals surface area contributed by atoms with Crippen molar-refractivity contribution in [3.63, 3.8) is 0 Å². The Bertz CT molecular complexity index is 8.00. The van der Waals surface area contributed by atoms with E-state index < -0.39 is 0 Å². The fraction of sp³-hybridized carbons (Fsp3) is 0.500. The molecule has 0 nitrogen and oxygen atoms in total. The molecule has 0 atom stereocenters. The van der Waals surface area contributed by atoms with Crippen molar-refractivity contribution in [1.29, 1.82) is 0 Å². The summed E-state index contributed by atoms with van der Waals surface area (Å²) in [5, 5.41) is 0. The Kier molecular flexibility index (Phi) is 5.57. The van der Waals surface area contributed by atoms with Gasteiger partial charge in [0.2, 0.25) is 0 Å². The zero-order chi connectivity index (χ0) is 3.41. The first kappa shape index (κ1) is 5.25. The van der Waals surface area contributed by atoms with E-state index in [-0.39, 0.29) is 18.2 Å². The molecule has 0 bridgehead atoms. The maximum Gasteiger partial charge on any atom is 0.468 e. The SMILES string of the molecule is [CH2][CH2][Mg][Br]. The lowest BCUT2D eigenvalue weighted by Gasteiger charge is -1.58. The van der Waals surface area contributed by atoms with Crippen LogP contribution in [-0.4, -0.2) is 18.2 Å². The Hall–Kier alpha value is 1.25. The Labute approximate surface area is 42.6 Å². The average molecular weight is 132 g/mol. The van der Waals surface area contributed by atoms with Gasteiger partial charge in [-0.2, -0.15) is 0 Å². The van der Waals surface area contributed by atoms with Gasteiger partial charge in [-0.05, 0) is 0 Å². The molecule has 0 aliphatic carbocycles. The summed E-state index contributed by atoms with van der Waals surface area (Å²) in [6.45, 7) is 3.62. The van der Waals surface area contributed by atoms with Gasteiger partial charge in [-0.25, -0.2) is 0 Å². The minimum atomic E-state index is 0.126. The minimum Gasteiger partial charge on any atom is -0.307 e. The number of halogens is 1. The van der Waals surface area contributed by atoms with Crippen LogP contribution in [0.2, 0.25) is 4.55 Å². The summed E-state index contributed by atoms with van der Waals surface area (Å²) in [7, 11) is 0. The molecule has 0 amide bonds. The van der Waals surface area contributed by atoms with Crippen molar-refractivity contribution in [2.45, 2.75) is 4.55 Å². The molecule has 0 aliphatic heterocycles. The second kappa shape index (κ2) is 4.25. The number of rotatable bonds is 1.